The molecule has 0 saturated carbocycles. The largest absolute Gasteiger partial charge is 0.462 e. The van der Waals surface area contributed by atoms with Gasteiger partial charge in [0.25, 0.3) is 11.6 Å². The van der Waals surface area contributed by atoms with Crippen molar-refractivity contribution in [3.05, 3.63) is 62.8 Å². The van der Waals surface area contributed by atoms with Gasteiger partial charge in [0.05, 0.1) is 23.2 Å². The first kappa shape index (κ1) is 19.2. The van der Waals surface area contributed by atoms with Gasteiger partial charge in [-0.05, 0) is 42.6 Å². The summed E-state index contributed by atoms with van der Waals surface area (Å²) in [6.45, 7) is 1.97. The Hall–Kier alpha value is -3.53. The Balaban J connectivity index is 1.89. The molecule has 0 unspecified atom stereocenters. The van der Waals surface area contributed by atoms with Crippen LogP contribution in [0.2, 0.25) is 0 Å². The third kappa shape index (κ3) is 3.76. The number of esters is 1. The maximum absolute atomic E-state index is 13.6. The molecule has 0 aliphatic carbocycles. The molecule has 0 atom stereocenters. The molecule has 144 valence electrons. The number of nitrogens with zero attached hydrogens (tertiary/aromatic N) is 1. The third-order valence-electron chi connectivity index (χ3n) is 3.82. The second-order valence-corrected chi connectivity index (χ2v) is 6.76. The Kier molecular flexibility index (Phi) is 5.23. The fourth-order valence-electron chi connectivity index (χ4n) is 2.56. The van der Waals surface area contributed by atoms with E-state index in [1.807, 2.05) is 0 Å². The Morgan fingerprint density at radius 3 is 2.71 bits per heavy atom. The zero-order valence-corrected chi connectivity index (χ0v) is 15.3. The predicted octanol–water partition coefficient (Wildman–Crippen LogP) is 3.96. The highest BCUT2D eigenvalue weighted by Gasteiger charge is 2.22. The summed E-state index contributed by atoms with van der Waals surface area (Å²) >= 11 is 1.25. The van der Waals surface area contributed by atoms with Crippen LogP contribution >= 0.6 is 11.3 Å². The van der Waals surface area contributed by atoms with Crippen LogP contribution in [0.25, 0.3) is 10.1 Å². The van der Waals surface area contributed by atoms with Crippen LogP contribution in [-0.2, 0) is 4.74 Å². The standard InChI is InChI=1S/C18H14FN3O5S/c1-2-27-18(24)15-6-9-5-11(3-4-14(9)28-15)21-17(23)12-7-10(19)8-13(16(12)20)22(25)26/h3-8H,2,20H2,1H3,(H,21,23). The van der Waals surface area contributed by atoms with Crippen LogP contribution in [-0.4, -0.2) is 23.4 Å². The number of hydrogen-bond acceptors (Lipinski definition) is 7. The Labute approximate surface area is 161 Å². The molecule has 0 radical (unpaired) electrons. The lowest BCUT2D eigenvalue weighted by Crippen LogP contribution is -2.15. The molecule has 0 spiro atoms. The van der Waals surface area contributed by atoms with Gasteiger partial charge in [-0.2, -0.15) is 0 Å². The number of halogens is 1. The van der Waals surface area contributed by atoms with Gasteiger partial charge in [0.1, 0.15) is 16.4 Å². The topological polar surface area (TPSA) is 125 Å². The zero-order chi connectivity index (χ0) is 20.4. The van der Waals surface area contributed by atoms with Crippen molar-refractivity contribution >= 4 is 50.4 Å². The number of nitrogens with two attached hydrogens (primary N) is 1. The molecule has 1 amide bonds. The van der Waals surface area contributed by atoms with Crippen molar-refractivity contribution in [1.82, 2.24) is 0 Å². The molecule has 3 aromatic rings. The molecule has 3 N–H and O–H groups in total. The number of nitrogens with one attached hydrogen (secondary N) is 1. The van der Waals surface area contributed by atoms with E-state index in [2.05, 4.69) is 5.32 Å². The van der Waals surface area contributed by atoms with E-state index >= 15 is 0 Å². The number of carbonyl (C=O) groups is 2. The maximum Gasteiger partial charge on any atom is 0.348 e. The molecule has 0 fully saturated rings. The molecule has 0 saturated heterocycles. The van der Waals surface area contributed by atoms with E-state index in [-0.39, 0.29) is 12.2 Å². The summed E-state index contributed by atoms with van der Waals surface area (Å²) in [7, 11) is 0. The summed E-state index contributed by atoms with van der Waals surface area (Å²) in [5.74, 6) is -2.17. The third-order valence-corrected chi connectivity index (χ3v) is 4.91. The van der Waals surface area contributed by atoms with Crippen LogP contribution in [0.4, 0.5) is 21.5 Å². The number of fused-ring (bicyclic) bond motifs is 1. The van der Waals surface area contributed by atoms with E-state index in [9.17, 15) is 24.1 Å². The molecule has 8 nitrogen and oxygen atoms in total. The summed E-state index contributed by atoms with van der Waals surface area (Å²) in [6, 6.07) is 8.04. The van der Waals surface area contributed by atoms with Gasteiger partial charge in [0.15, 0.2) is 0 Å². The number of hydrogen-bond donors (Lipinski definition) is 2. The first-order chi connectivity index (χ1) is 13.3. The number of rotatable bonds is 5. The van der Waals surface area contributed by atoms with Gasteiger partial charge < -0.3 is 15.8 Å². The Bertz CT molecular complexity index is 1110. The van der Waals surface area contributed by atoms with Crippen LogP contribution < -0.4 is 11.1 Å². The molecule has 1 heterocycles. The summed E-state index contributed by atoms with van der Waals surface area (Å²) in [4.78, 5) is 34.8. The number of benzene rings is 2. The van der Waals surface area contributed by atoms with Crippen LogP contribution in [0.5, 0.6) is 0 Å². The van der Waals surface area contributed by atoms with Gasteiger partial charge in [-0.25, -0.2) is 9.18 Å². The molecule has 1 aromatic heterocycles. The number of nitro groups is 1. The number of amides is 1. The fourth-order valence-corrected chi connectivity index (χ4v) is 3.50. The SMILES string of the molecule is CCOC(=O)c1cc2cc(NC(=O)c3cc(F)cc([N+](=O)[O-])c3N)ccc2s1. The van der Waals surface area contributed by atoms with Crippen molar-refractivity contribution < 1.29 is 23.6 Å². The minimum Gasteiger partial charge on any atom is -0.462 e. The Morgan fingerprint density at radius 2 is 2.04 bits per heavy atom. The van der Waals surface area contributed by atoms with Crippen molar-refractivity contribution in [2.75, 3.05) is 17.7 Å². The summed E-state index contributed by atoms with van der Waals surface area (Å²) in [5, 5.41) is 14.2. The van der Waals surface area contributed by atoms with E-state index in [1.54, 1.807) is 31.2 Å². The molecule has 0 aliphatic heterocycles. The number of nitrogen functional groups attached to an aromatic ring is 1. The molecule has 0 bridgehead atoms. The average molecular weight is 403 g/mol. The highest BCUT2D eigenvalue weighted by atomic mass is 32.1. The summed E-state index contributed by atoms with van der Waals surface area (Å²) in [5.41, 5.74) is 4.55. The van der Waals surface area contributed by atoms with Gasteiger partial charge in [-0.3, -0.25) is 14.9 Å². The fraction of sp³-hybridized carbons (Fsp3) is 0.111. The number of nitro benzene ring substituents is 1. The summed E-state index contributed by atoms with van der Waals surface area (Å²) < 4.78 is 19.4. The first-order valence-corrected chi connectivity index (χ1v) is 8.87. The number of carbonyl (C=O) groups excluding carboxylic acids is 2. The zero-order valence-electron chi connectivity index (χ0n) is 14.5. The highest BCUT2D eigenvalue weighted by molar-refractivity contribution is 7.20. The molecular formula is C18H14FN3O5S. The van der Waals surface area contributed by atoms with E-state index in [4.69, 9.17) is 10.5 Å². The van der Waals surface area contributed by atoms with Crippen LogP contribution in [0.1, 0.15) is 27.0 Å². The van der Waals surface area contributed by atoms with Crippen molar-refractivity contribution in [3.63, 3.8) is 0 Å². The second-order valence-electron chi connectivity index (χ2n) is 5.68. The average Bonchev–Trinajstić information content (AvgIpc) is 3.06. The molecule has 0 aliphatic rings. The number of ether oxygens (including phenoxy) is 1. The van der Waals surface area contributed by atoms with E-state index < -0.39 is 34.0 Å². The Morgan fingerprint density at radius 1 is 1.29 bits per heavy atom. The van der Waals surface area contributed by atoms with Crippen LogP contribution in [0.3, 0.4) is 0 Å². The summed E-state index contributed by atoms with van der Waals surface area (Å²) in [6.07, 6.45) is 0. The minimum atomic E-state index is -0.946. The smallest absolute Gasteiger partial charge is 0.348 e. The quantitative estimate of drug-likeness (QED) is 0.288. The van der Waals surface area contributed by atoms with Crippen LogP contribution in [0.15, 0.2) is 36.4 Å². The van der Waals surface area contributed by atoms with E-state index in [0.29, 0.717) is 22.0 Å². The lowest BCUT2D eigenvalue weighted by atomic mass is 10.1. The van der Waals surface area contributed by atoms with E-state index in [0.717, 1.165) is 10.8 Å². The molecular weight excluding hydrogens is 389 g/mol. The van der Waals surface area contributed by atoms with E-state index in [1.165, 1.54) is 11.3 Å². The molecule has 3 rings (SSSR count). The number of thiophene rings is 1. The van der Waals surface area contributed by atoms with Crippen LogP contribution in [0, 0.1) is 15.9 Å². The van der Waals surface area contributed by atoms with Crippen molar-refractivity contribution in [2.24, 2.45) is 0 Å². The van der Waals surface area contributed by atoms with Crippen molar-refractivity contribution in [3.8, 4) is 0 Å². The molecule has 28 heavy (non-hydrogen) atoms. The van der Waals surface area contributed by atoms with Crippen molar-refractivity contribution in [2.45, 2.75) is 6.92 Å². The maximum atomic E-state index is 13.6. The minimum absolute atomic E-state index is 0.260. The molecule has 2 aromatic carbocycles. The monoisotopic (exact) mass is 403 g/mol. The first-order valence-electron chi connectivity index (χ1n) is 8.05. The van der Waals surface area contributed by atoms with Crippen molar-refractivity contribution in [1.29, 1.82) is 0 Å². The lowest BCUT2D eigenvalue weighted by molar-refractivity contribution is -0.384. The van der Waals surface area contributed by atoms with Gasteiger partial charge in [-0.15, -0.1) is 11.3 Å². The predicted molar refractivity (Wildman–Crippen MR) is 103 cm³/mol. The van der Waals surface area contributed by atoms with Gasteiger partial charge >= 0.3 is 5.97 Å². The highest BCUT2D eigenvalue weighted by Crippen LogP contribution is 2.30. The molecule has 10 heteroatoms. The van der Waals surface area contributed by atoms with Gasteiger partial charge in [0.2, 0.25) is 0 Å². The lowest BCUT2D eigenvalue weighted by Gasteiger charge is -2.08. The van der Waals surface area contributed by atoms with Gasteiger partial charge in [-0.1, -0.05) is 0 Å². The van der Waals surface area contributed by atoms with Gasteiger partial charge in [0, 0.05) is 10.4 Å². The normalized spacial score (nSPS) is 10.6. The second kappa shape index (κ2) is 7.61. The number of anilines is 2.